The first-order chi connectivity index (χ1) is 19.4. The second-order valence-corrected chi connectivity index (χ2v) is 9.99. The summed E-state index contributed by atoms with van der Waals surface area (Å²) in [6.07, 6.45) is 4.96. The van der Waals surface area contributed by atoms with Crippen LogP contribution in [0.3, 0.4) is 0 Å². The monoisotopic (exact) mass is 535 g/mol. The van der Waals surface area contributed by atoms with Gasteiger partial charge in [-0.2, -0.15) is 0 Å². The molecule has 4 aromatic rings. The lowest BCUT2D eigenvalue weighted by atomic mass is 9.77. The van der Waals surface area contributed by atoms with Crippen LogP contribution in [-0.4, -0.2) is 17.5 Å². The van der Waals surface area contributed by atoms with Gasteiger partial charge in [0.15, 0.2) is 0 Å². The molecule has 1 aliphatic heterocycles. The number of nitrogens with one attached hydrogen (secondary N) is 1. The van der Waals surface area contributed by atoms with Crippen molar-refractivity contribution >= 4 is 23.6 Å². The molecule has 1 saturated carbocycles. The Morgan fingerprint density at radius 2 is 1.52 bits per heavy atom. The summed E-state index contributed by atoms with van der Waals surface area (Å²) in [7, 11) is 0. The van der Waals surface area contributed by atoms with E-state index < -0.39 is 0 Å². The number of halogens is 1. The van der Waals surface area contributed by atoms with Gasteiger partial charge < -0.3 is 10.4 Å². The van der Waals surface area contributed by atoms with E-state index in [0.29, 0.717) is 28.3 Å². The highest BCUT2D eigenvalue weighted by Gasteiger charge is 2.25. The van der Waals surface area contributed by atoms with E-state index in [-0.39, 0.29) is 18.2 Å². The van der Waals surface area contributed by atoms with Gasteiger partial charge in [0, 0.05) is 16.7 Å². The number of carbonyl (C=O) groups excluding carboxylic acids is 1. The fourth-order valence-corrected chi connectivity index (χ4v) is 5.14. The van der Waals surface area contributed by atoms with E-state index in [1.807, 2.05) is 12.1 Å². The topological polar surface area (TPSA) is 66.4 Å². The molecular weight excluding hydrogens is 501 g/mol. The fraction of sp³-hybridized carbons (Fsp3) is 0.200. The molecule has 5 heteroatoms. The summed E-state index contributed by atoms with van der Waals surface area (Å²) < 4.78 is 14.7. The van der Waals surface area contributed by atoms with Crippen LogP contribution >= 0.6 is 0 Å². The van der Waals surface area contributed by atoms with Gasteiger partial charge in [0.25, 0.3) is 12.4 Å². The standard InChI is InChI=1S/C25H20FNO.C9H12.CH2O2/c1-15-21-13-22(23(26)14-24(21)27-25(15)28)18-11-9-17(10-12-18)20-8-3-2-7-19(20)16-5-4-6-16;1-3-9-7-5-4-6-8(9)2;2-1-3/h2-3,7-14,16H,1,4-6H2,(H,27,28);4-7H,3H2,1-2H3;1H,(H,2,3). The average Bonchev–Trinajstić information content (AvgIpc) is 3.21. The molecule has 6 rings (SSSR count). The van der Waals surface area contributed by atoms with Crippen LogP contribution in [0.4, 0.5) is 10.1 Å². The maximum absolute atomic E-state index is 14.7. The Morgan fingerprint density at radius 1 is 0.925 bits per heavy atom. The van der Waals surface area contributed by atoms with Crippen LogP contribution < -0.4 is 5.32 Å². The third kappa shape index (κ3) is 6.20. The van der Waals surface area contributed by atoms with E-state index in [1.54, 1.807) is 6.07 Å². The van der Waals surface area contributed by atoms with E-state index in [4.69, 9.17) is 9.90 Å². The van der Waals surface area contributed by atoms with Crippen molar-refractivity contribution in [3.63, 3.8) is 0 Å². The second kappa shape index (κ2) is 13.0. The maximum Gasteiger partial charge on any atom is 0.290 e. The molecule has 0 spiro atoms. The van der Waals surface area contributed by atoms with Crippen LogP contribution in [0.25, 0.3) is 27.8 Å². The SMILES string of the molecule is C=C1C(=O)Nc2cc(F)c(-c3ccc(-c4ccccc4C4CCC4)cc3)cc21.CCc1ccccc1C.O=CO. The molecule has 0 aromatic heterocycles. The van der Waals surface area contributed by atoms with E-state index in [2.05, 4.69) is 86.4 Å². The number of rotatable bonds is 4. The number of aryl methyl sites for hydroxylation is 2. The Hall–Kier alpha value is -4.51. The molecule has 1 heterocycles. The third-order valence-corrected chi connectivity index (χ3v) is 7.61. The van der Waals surface area contributed by atoms with Gasteiger partial charge in [-0.05, 0) is 77.6 Å². The van der Waals surface area contributed by atoms with E-state index in [0.717, 1.165) is 17.5 Å². The number of hydrogen-bond donors (Lipinski definition) is 2. The molecule has 4 nitrogen and oxygen atoms in total. The zero-order chi connectivity index (χ0) is 28.6. The highest BCUT2D eigenvalue weighted by Crippen LogP contribution is 2.42. The maximum atomic E-state index is 14.7. The third-order valence-electron chi connectivity index (χ3n) is 7.61. The van der Waals surface area contributed by atoms with Gasteiger partial charge in [-0.25, -0.2) is 4.39 Å². The molecule has 40 heavy (non-hydrogen) atoms. The summed E-state index contributed by atoms with van der Waals surface area (Å²) in [5.41, 5.74) is 9.48. The van der Waals surface area contributed by atoms with Gasteiger partial charge in [0.05, 0.1) is 5.69 Å². The number of amides is 1. The molecule has 0 atom stereocenters. The molecular formula is C35H34FNO3. The Kier molecular flexibility index (Phi) is 9.28. The number of benzene rings is 4. The van der Waals surface area contributed by atoms with Crippen LogP contribution in [0.5, 0.6) is 0 Å². The Morgan fingerprint density at radius 3 is 2.10 bits per heavy atom. The quantitative estimate of drug-likeness (QED) is 0.203. The van der Waals surface area contributed by atoms with Gasteiger partial charge in [0.2, 0.25) is 0 Å². The second-order valence-electron chi connectivity index (χ2n) is 9.99. The number of carbonyl (C=O) groups is 2. The van der Waals surface area contributed by atoms with Crippen molar-refractivity contribution in [2.45, 2.75) is 45.4 Å². The highest BCUT2D eigenvalue weighted by atomic mass is 19.1. The molecule has 0 unspecified atom stereocenters. The number of hydrogen-bond acceptors (Lipinski definition) is 2. The van der Waals surface area contributed by atoms with Crippen molar-refractivity contribution in [2.75, 3.05) is 5.32 Å². The predicted molar refractivity (Wildman–Crippen MR) is 161 cm³/mol. The van der Waals surface area contributed by atoms with Crippen molar-refractivity contribution in [2.24, 2.45) is 0 Å². The van der Waals surface area contributed by atoms with Crippen molar-refractivity contribution in [3.8, 4) is 22.3 Å². The molecule has 204 valence electrons. The molecule has 0 saturated heterocycles. The van der Waals surface area contributed by atoms with Crippen LogP contribution in [0.2, 0.25) is 0 Å². The summed E-state index contributed by atoms with van der Waals surface area (Å²) in [6, 6.07) is 28.2. The van der Waals surface area contributed by atoms with Gasteiger partial charge in [-0.3, -0.25) is 9.59 Å². The summed E-state index contributed by atoms with van der Waals surface area (Å²) >= 11 is 0. The molecule has 1 amide bonds. The summed E-state index contributed by atoms with van der Waals surface area (Å²) in [6.45, 7) is 7.88. The Balaban J connectivity index is 0.000000259. The lowest BCUT2D eigenvalue weighted by Gasteiger charge is -2.28. The minimum absolute atomic E-state index is 0.250. The van der Waals surface area contributed by atoms with Crippen molar-refractivity contribution in [1.29, 1.82) is 0 Å². The van der Waals surface area contributed by atoms with Crippen molar-refractivity contribution < 1.29 is 19.1 Å². The summed E-state index contributed by atoms with van der Waals surface area (Å²) in [5.74, 6) is 0.0342. The average molecular weight is 536 g/mol. The van der Waals surface area contributed by atoms with Gasteiger partial charge >= 0.3 is 0 Å². The molecule has 1 aliphatic carbocycles. The van der Waals surface area contributed by atoms with Crippen LogP contribution in [0.15, 0.2) is 91.5 Å². The van der Waals surface area contributed by atoms with Crippen molar-refractivity contribution in [1.82, 2.24) is 0 Å². The minimum atomic E-state index is -0.351. The van der Waals surface area contributed by atoms with Crippen LogP contribution in [0, 0.1) is 12.7 Å². The Bertz CT molecular complexity index is 1520. The number of carboxylic acid groups (broad SMARTS) is 1. The zero-order valence-corrected chi connectivity index (χ0v) is 22.9. The predicted octanol–water partition coefficient (Wildman–Crippen LogP) is 8.65. The molecule has 2 aliphatic rings. The van der Waals surface area contributed by atoms with Crippen LogP contribution in [0.1, 0.15) is 54.4 Å². The van der Waals surface area contributed by atoms with Crippen LogP contribution in [-0.2, 0) is 16.0 Å². The smallest absolute Gasteiger partial charge is 0.290 e. The lowest BCUT2D eigenvalue weighted by Crippen LogP contribution is -2.09. The van der Waals surface area contributed by atoms with E-state index >= 15 is 0 Å². The highest BCUT2D eigenvalue weighted by molar-refractivity contribution is 6.31. The van der Waals surface area contributed by atoms with E-state index in [1.165, 1.54) is 47.6 Å². The minimum Gasteiger partial charge on any atom is -0.483 e. The molecule has 2 N–H and O–H groups in total. The van der Waals surface area contributed by atoms with E-state index in [9.17, 15) is 9.18 Å². The number of anilines is 1. The van der Waals surface area contributed by atoms with Crippen molar-refractivity contribution in [3.05, 3.63) is 120 Å². The molecule has 0 radical (unpaired) electrons. The normalized spacial score (nSPS) is 13.6. The molecule has 1 fully saturated rings. The Labute approximate surface area is 235 Å². The summed E-state index contributed by atoms with van der Waals surface area (Å²) in [5, 5.41) is 9.54. The van der Waals surface area contributed by atoms with Gasteiger partial charge in [0.1, 0.15) is 5.82 Å². The molecule has 0 bridgehead atoms. The summed E-state index contributed by atoms with van der Waals surface area (Å²) in [4.78, 5) is 20.1. The fourth-order valence-electron chi connectivity index (χ4n) is 5.14. The first kappa shape index (κ1) is 28.5. The largest absolute Gasteiger partial charge is 0.483 e. The zero-order valence-electron chi connectivity index (χ0n) is 22.9. The first-order valence-electron chi connectivity index (χ1n) is 13.5. The lowest BCUT2D eigenvalue weighted by molar-refractivity contribution is -0.122. The first-order valence-corrected chi connectivity index (χ1v) is 13.5. The van der Waals surface area contributed by atoms with Gasteiger partial charge in [-0.1, -0.05) is 92.7 Å². The number of fused-ring (bicyclic) bond motifs is 1. The van der Waals surface area contributed by atoms with Gasteiger partial charge in [-0.15, -0.1) is 0 Å². The molecule has 4 aromatic carbocycles.